The van der Waals surface area contributed by atoms with Gasteiger partial charge in [0, 0.05) is 12.0 Å². The van der Waals surface area contributed by atoms with Gasteiger partial charge in [0.25, 0.3) is 10.0 Å². The topological polar surface area (TPSA) is 101 Å². The monoisotopic (exact) mass is 274 g/mol. The molecule has 1 atom stereocenters. The van der Waals surface area contributed by atoms with Crippen molar-refractivity contribution in [1.29, 1.82) is 0 Å². The molecule has 0 spiro atoms. The molecule has 0 bridgehead atoms. The molecule has 0 amide bonds. The Bertz CT molecular complexity index is 483. The van der Waals surface area contributed by atoms with Gasteiger partial charge in [-0.1, -0.05) is 13.8 Å². The van der Waals surface area contributed by atoms with E-state index in [1.165, 1.54) is 6.20 Å². The number of hydrogen-bond acceptors (Lipinski definition) is 4. The van der Waals surface area contributed by atoms with Crippen LogP contribution in [-0.4, -0.2) is 30.5 Å². The number of H-pyrrole nitrogens is 1. The number of hydrogen-bond donors (Lipinski definition) is 3. The van der Waals surface area contributed by atoms with E-state index in [1.54, 1.807) is 0 Å². The van der Waals surface area contributed by atoms with Crippen LogP contribution in [0.3, 0.4) is 0 Å². The highest BCUT2D eigenvalue weighted by molar-refractivity contribution is 7.89. The molecule has 7 heteroatoms. The van der Waals surface area contributed by atoms with Crippen LogP contribution in [0.4, 0.5) is 0 Å². The van der Waals surface area contributed by atoms with Crippen LogP contribution in [-0.2, 0) is 16.4 Å². The number of aromatic amines is 1. The third-order valence-electron chi connectivity index (χ3n) is 3.09. The van der Waals surface area contributed by atoms with Crippen molar-refractivity contribution in [2.45, 2.75) is 50.6 Å². The van der Waals surface area contributed by atoms with E-state index >= 15 is 0 Å². The SMILES string of the molecule is CCc1ncc(S(=O)(=O)NC(C)(CC)CCN)[nH]1. The van der Waals surface area contributed by atoms with Gasteiger partial charge in [0.05, 0.1) is 6.20 Å². The summed E-state index contributed by atoms with van der Waals surface area (Å²) in [6, 6.07) is 0. The molecule has 1 unspecified atom stereocenters. The molecule has 1 aromatic heterocycles. The first-order chi connectivity index (χ1) is 8.37. The highest BCUT2D eigenvalue weighted by Gasteiger charge is 2.29. The first kappa shape index (κ1) is 15.1. The maximum atomic E-state index is 12.2. The summed E-state index contributed by atoms with van der Waals surface area (Å²) < 4.78 is 27.1. The van der Waals surface area contributed by atoms with Crippen molar-refractivity contribution in [3.63, 3.8) is 0 Å². The van der Waals surface area contributed by atoms with Gasteiger partial charge in [0.2, 0.25) is 0 Å². The lowest BCUT2D eigenvalue weighted by Crippen LogP contribution is -2.46. The van der Waals surface area contributed by atoms with Crippen LogP contribution in [0.2, 0.25) is 0 Å². The number of aryl methyl sites for hydroxylation is 1. The predicted molar refractivity (Wildman–Crippen MR) is 70.7 cm³/mol. The second kappa shape index (κ2) is 5.81. The van der Waals surface area contributed by atoms with Crippen LogP contribution in [0.1, 0.15) is 39.4 Å². The highest BCUT2D eigenvalue weighted by atomic mass is 32.2. The molecular weight excluding hydrogens is 252 g/mol. The third-order valence-corrected chi connectivity index (χ3v) is 4.63. The summed E-state index contributed by atoms with van der Waals surface area (Å²) in [5, 5.41) is 0.107. The Labute approximate surface area is 108 Å². The summed E-state index contributed by atoms with van der Waals surface area (Å²) >= 11 is 0. The lowest BCUT2D eigenvalue weighted by Gasteiger charge is -2.28. The molecule has 0 aliphatic carbocycles. The van der Waals surface area contributed by atoms with Gasteiger partial charge in [-0.25, -0.2) is 18.1 Å². The average Bonchev–Trinajstić information content (AvgIpc) is 2.78. The van der Waals surface area contributed by atoms with Crippen molar-refractivity contribution < 1.29 is 8.42 Å². The third kappa shape index (κ3) is 3.54. The number of imidazole rings is 1. The first-order valence-corrected chi connectivity index (χ1v) is 7.63. The van der Waals surface area contributed by atoms with E-state index in [0.29, 0.717) is 31.6 Å². The second-order valence-electron chi connectivity index (χ2n) is 4.61. The smallest absolute Gasteiger partial charge is 0.258 e. The largest absolute Gasteiger partial charge is 0.332 e. The Balaban J connectivity index is 2.93. The van der Waals surface area contributed by atoms with Gasteiger partial charge < -0.3 is 10.7 Å². The van der Waals surface area contributed by atoms with E-state index in [1.807, 2.05) is 20.8 Å². The van der Waals surface area contributed by atoms with Crippen molar-refractivity contribution in [2.24, 2.45) is 5.73 Å². The number of nitrogens with one attached hydrogen (secondary N) is 2. The van der Waals surface area contributed by atoms with Gasteiger partial charge in [-0.3, -0.25) is 0 Å². The summed E-state index contributed by atoms with van der Waals surface area (Å²) in [5.74, 6) is 0.660. The van der Waals surface area contributed by atoms with E-state index in [0.717, 1.165) is 0 Å². The molecule has 0 radical (unpaired) electrons. The van der Waals surface area contributed by atoms with Crippen molar-refractivity contribution >= 4 is 10.0 Å². The van der Waals surface area contributed by atoms with Crippen LogP contribution in [0.25, 0.3) is 0 Å². The Morgan fingerprint density at radius 1 is 1.50 bits per heavy atom. The molecule has 0 fully saturated rings. The summed E-state index contributed by atoms with van der Waals surface area (Å²) in [7, 11) is -3.57. The van der Waals surface area contributed by atoms with Gasteiger partial charge in [0.15, 0.2) is 5.03 Å². The van der Waals surface area contributed by atoms with Gasteiger partial charge >= 0.3 is 0 Å². The minimum atomic E-state index is -3.57. The summed E-state index contributed by atoms with van der Waals surface area (Å²) in [6.07, 6.45) is 3.29. The summed E-state index contributed by atoms with van der Waals surface area (Å²) in [6.45, 7) is 6.14. The number of nitrogens with zero attached hydrogens (tertiary/aromatic N) is 1. The minimum absolute atomic E-state index is 0.107. The molecule has 0 aromatic carbocycles. The average molecular weight is 274 g/mol. The maximum absolute atomic E-state index is 12.2. The van der Waals surface area contributed by atoms with Crippen LogP contribution >= 0.6 is 0 Å². The maximum Gasteiger partial charge on any atom is 0.258 e. The van der Waals surface area contributed by atoms with Crippen molar-refractivity contribution in [1.82, 2.24) is 14.7 Å². The molecule has 0 saturated heterocycles. The van der Waals surface area contributed by atoms with E-state index in [4.69, 9.17) is 5.73 Å². The van der Waals surface area contributed by atoms with Crippen LogP contribution in [0, 0.1) is 0 Å². The number of sulfonamides is 1. The Morgan fingerprint density at radius 2 is 2.17 bits per heavy atom. The van der Waals surface area contributed by atoms with Crippen molar-refractivity contribution in [2.75, 3.05) is 6.54 Å². The normalized spacial score (nSPS) is 15.6. The standard InChI is InChI=1S/C11H22N4O2S/c1-4-9-13-8-10(14-9)18(16,17)15-11(3,5-2)6-7-12/h8,15H,4-7,12H2,1-3H3,(H,13,14). The number of aromatic nitrogens is 2. The predicted octanol–water partition coefficient (Wildman–Crippen LogP) is 0.768. The minimum Gasteiger partial charge on any atom is -0.332 e. The molecule has 0 aliphatic heterocycles. The zero-order chi connectivity index (χ0) is 13.8. The van der Waals surface area contributed by atoms with E-state index in [9.17, 15) is 8.42 Å². The van der Waals surface area contributed by atoms with Crippen molar-refractivity contribution in [3.8, 4) is 0 Å². The Kier molecular flexibility index (Phi) is 4.89. The molecule has 1 heterocycles. The van der Waals surface area contributed by atoms with Crippen LogP contribution in [0.15, 0.2) is 11.2 Å². The van der Waals surface area contributed by atoms with E-state index in [2.05, 4.69) is 14.7 Å². The molecule has 0 aliphatic rings. The zero-order valence-electron chi connectivity index (χ0n) is 11.2. The van der Waals surface area contributed by atoms with Gasteiger partial charge in [-0.2, -0.15) is 0 Å². The van der Waals surface area contributed by atoms with Gasteiger partial charge in [-0.05, 0) is 26.3 Å². The second-order valence-corrected chi connectivity index (χ2v) is 6.26. The Morgan fingerprint density at radius 3 is 2.61 bits per heavy atom. The summed E-state index contributed by atoms with van der Waals surface area (Å²) in [4.78, 5) is 6.80. The first-order valence-electron chi connectivity index (χ1n) is 6.15. The Hall–Kier alpha value is -0.920. The zero-order valence-corrected chi connectivity index (χ0v) is 12.0. The van der Waals surface area contributed by atoms with Crippen molar-refractivity contribution in [3.05, 3.63) is 12.0 Å². The molecule has 0 saturated carbocycles. The fourth-order valence-corrected chi connectivity index (χ4v) is 3.11. The molecular formula is C11H22N4O2S. The molecule has 6 nitrogen and oxygen atoms in total. The highest BCUT2D eigenvalue weighted by Crippen LogP contribution is 2.17. The molecule has 18 heavy (non-hydrogen) atoms. The fourth-order valence-electron chi connectivity index (χ4n) is 1.66. The van der Waals surface area contributed by atoms with Gasteiger partial charge in [-0.15, -0.1) is 0 Å². The number of nitrogens with two attached hydrogens (primary N) is 1. The van der Waals surface area contributed by atoms with Gasteiger partial charge in [0.1, 0.15) is 5.82 Å². The lowest BCUT2D eigenvalue weighted by molar-refractivity contribution is 0.378. The quantitative estimate of drug-likeness (QED) is 0.683. The lowest BCUT2D eigenvalue weighted by atomic mass is 9.96. The number of rotatable bonds is 7. The van der Waals surface area contributed by atoms with E-state index in [-0.39, 0.29) is 5.03 Å². The molecule has 4 N–H and O–H groups in total. The molecule has 1 rings (SSSR count). The van der Waals surface area contributed by atoms with E-state index < -0.39 is 15.6 Å². The van der Waals surface area contributed by atoms with Crippen LogP contribution in [0.5, 0.6) is 0 Å². The summed E-state index contributed by atoms with van der Waals surface area (Å²) in [5.41, 5.74) is 5.00. The molecule has 104 valence electrons. The van der Waals surface area contributed by atoms with Crippen LogP contribution < -0.4 is 10.5 Å². The molecule has 1 aromatic rings. The fraction of sp³-hybridized carbons (Fsp3) is 0.727.